The standard InChI is InChI=1S/C13H10ClNO2S/c1-2-18(16,17)12-7-3-4-8-13(12,14)11-6-5-9-15-10-11/h1,3-10,12H. The van der Waals surface area contributed by atoms with E-state index in [9.17, 15) is 8.42 Å². The molecule has 1 aromatic heterocycles. The first kappa shape index (κ1) is 12.9. The highest BCUT2D eigenvalue weighted by Gasteiger charge is 2.43. The SMILES string of the molecule is C#CS(=O)(=O)C1C=CC=CC1(Cl)c1cccnc1. The Balaban J connectivity index is 2.58. The molecule has 1 aliphatic rings. The Morgan fingerprint density at radius 2 is 2.22 bits per heavy atom. The van der Waals surface area contributed by atoms with Crippen molar-refractivity contribution in [2.24, 2.45) is 0 Å². The maximum Gasteiger partial charge on any atom is 0.225 e. The average Bonchev–Trinajstić information content (AvgIpc) is 2.40. The molecule has 2 rings (SSSR count). The van der Waals surface area contributed by atoms with Crippen LogP contribution in [0.1, 0.15) is 5.56 Å². The first-order valence-electron chi connectivity index (χ1n) is 5.17. The van der Waals surface area contributed by atoms with Gasteiger partial charge in [0.15, 0.2) is 0 Å². The van der Waals surface area contributed by atoms with E-state index in [2.05, 4.69) is 4.98 Å². The van der Waals surface area contributed by atoms with Gasteiger partial charge in [-0.05, 0) is 11.6 Å². The van der Waals surface area contributed by atoms with Crippen LogP contribution in [0, 0.1) is 11.7 Å². The Bertz CT molecular complexity index is 643. The predicted molar refractivity (Wildman–Crippen MR) is 71.6 cm³/mol. The van der Waals surface area contributed by atoms with Crippen LogP contribution in [0.4, 0.5) is 0 Å². The third-order valence-electron chi connectivity index (χ3n) is 2.75. The monoisotopic (exact) mass is 279 g/mol. The number of sulfone groups is 1. The zero-order valence-corrected chi connectivity index (χ0v) is 10.9. The molecule has 0 spiro atoms. The van der Waals surface area contributed by atoms with E-state index in [-0.39, 0.29) is 0 Å². The fourth-order valence-corrected chi connectivity index (χ4v) is 3.57. The molecule has 0 saturated carbocycles. The van der Waals surface area contributed by atoms with Gasteiger partial charge >= 0.3 is 0 Å². The van der Waals surface area contributed by atoms with E-state index in [0.29, 0.717) is 5.56 Å². The molecular formula is C13H10ClNO2S. The second-order valence-electron chi connectivity index (χ2n) is 3.84. The molecule has 3 nitrogen and oxygen atoms in total. The minimum atomic E-state index is -3.75. The van der Waals surface area contributed by atoms with Crippen LogP contribution in [0.2, 0.25) is 0 Å². The topological polar surface area (TPSA) is 47.0 Å². The molecule has 1 heterocycles. The summed E-state index contributed by atoms with van der Waals surface area (Å²) in [5, 5.41) is 0.824. The molecule has 1 aliphatic carbocycles. The zero-order chi connectivity index (χ0) is 13.2. The van der Waals surface area contributed by atoms with Crippen molar-refractivity contribution in [3.05, 3.63) is 54.4 Å². The predicted octanol–water partition coefficient (Wildman–Crippen LogP) is 2.02. The number of allylic oxidation sites excluding steroid dienone is 3. The Hall–Kier alpha value is -1.57. The Morgan fingerprint density at radius 1 is 1.44 bits per heavy atom. The van der Waals surface area contributed by atoms with Gasteiger partial charge in [0, 0.05) is 17.6 Å². The number of terminal acetylenes is 1. The van der Waals surface area contributed by atoms with Gasteiger partial charge in [0.25, 0.3) is 0 Å². The molecule has 5 heteroatoms. The maximum absolute atomic E-state index is 11.9. The summed E-state index contributed by atoms with van der Waals surface area (Å²) in [5.41, 5.74) is 0.594. The van der Waals surface area contributed by atoms with Gasteiger partial charge < -0.3 is 0 Å². The van der Waals surface area contributed by atoms with Gasteiger partial charge in [-0.15, -0.1) is 18.0 Å². The molecule has 0 fully saturated rings. The van der Waals surface area contributed by atoms with Crippen molar-refractivity contribution in [2.75, 3.05) is 0 Å². The van der Waals surface area contributed by atoms with E-state index in [1.807, 2.05) is 5.25 Å². The van der Waals surface area contributed by atoms with Crippen LogP contribution in [-0.2, 0) is 14.7 Å². The highest BCUT2D eigenvalue weighted by molar-refractivity contribution is 7.96. The second kappa shape index (κ2) is 4.60. The van der Waals surface area contributed by atoms with E-state index < -0.39 is 20.0 Å². The lowest BCUT2D eigenvalue weighted by Gasteiger charge is -2.31. The van der Waals surface area contributed by atoms with Crippen molar-refractivity contribution in [1.29, 1.82) is 0 Å². The minimum Gasteiger partial charge on any atom is -0.264 e. The number of hydrogen-bond donors (Lipinski definition) is 0. The normalized spacial score (nSPS) is 26.8. The quantitative estimate of drug-likeness (QED) is 0.473. The fraction of sp³-hybridized carbons (Fsp3) is 0.154. The van der Waals surface area contributed by atoms with Crippen molar-refractivity contribution < 1.29 is 8.42 Å². The van der Waals surface area contributed by atoms with Gasteiger partial charge in [-0.1, -0.05) is 30.4 Å². The maximum atomic E-state index is 11.9. The molecule has 92 valence electrons. The molecule has 0 aliphatic heterocycles. The Kier molecular flexibility index (Phi) is 3.29. The van der Waals surface area contributed by atoms with Gasteiger partial charge in [-0.25, -0.2) is 8.42 Å². The number of alkyl halides is 1. The minimum absolute atomic E-state index is 0.594. The summed E-state index contributed by atoms with van der Waals surface area (Å²) in [4.78, 5) is 2.74. The summed E-state index contributed by atoms with van der Waals surface area (Å²) >= 11 is 6.48. The summed E-state index contributed by atoms with van der Waals surface area (Å²) in [5.74, 6) is 0. The molecule has 0 saturated heterocycles. The first-order chi connectivity index (χ1) is 8.50. The lowest BCUT2D eigenvalue weighted by Crippen LogP contribution is -2.38. The van der Waals surface area contributed by atoms with Gasteiger partial charge in [-0.3, -0.25) is 4.98 Å². The highest BCUT2D eigenvalue weighted by atomic mass is 35.5. The van der Waals surface area contributed by atoms with E-state index in [1.54, 1.807) is 36.6 Å². The second-order valence-corrected chi connectivity index (χ2v) is 6.30. The number of pyridine rings is 1. The van der Waals surface area contributed by atoms with Crippen LogP contribution in [-0.4, -0.2) is 18.7 Å². The summed E-state index contributed by atoms with van der Waals surface area (Å²) in [6.45, 7) is 0. The summed E-state index contributed by atoms with van der Waals surface area (Å²) in [6, 6.07) is 3.42. The van der Waals surface area contributed by atoms with Crippen LogP contribution in [0.15, 0.2) is 48.8 Å². The molecule has 1 aromatic rings. The number of halogens is 1. The molecule has 0 amide bonds. The molecule has 18 heavy (non-hydrogen) atoms. The Morgan fingerprint density at radius 3 is 2.83 bits per heavy atom. The van der Waals surface area contributed by atoms with Crippen molar-refractivity contribution in [1.82, 2.24) is 4.98 Å². The van der Waals surface area contributed by atoms with Crippen LogP contribution < -0.4 is 0 Å². The molecule has 0 N–H and O–H groups in total. The van der Waals surface area contributed by atoms with E-state index in [1.165, 1.54) is 12.3 Å². The fourth-order valence-electron chi connectivity index (χ4n) is 1.85. The third-order valence-corrected chi connectivity index (χ3v) is 4.99. The third kappa shape index (κ3) is 2.07. The summed E-state index contributed by atoms with van der Waals surface area (Å²) in [7, 11) is -3.75. The lowest BCUT2D eigenvalue weighted by molar-refractivity contribution is 0.586. The van der Waals surface area contributed by atoms with E-state index in [0.717, 1.165) is 0 Å². The van der Waals surface area contributed by atoms with Gasteiger partial charge in [-0.2, -0.15) is 0 Å². The number of rotatable bonds is 2. The molecule has 0 radical (unpaired) electrons. The lowest BCUT2D eigenvalue weighted by atomic mass is 9.92. The molecule has 0 bridgehead atoms. The summed E-state index contributed by atoms with van der Waals surface area (Å²) in [6.07, 6.45) is 14.6. The molecular weight excluding hydrogens is 270 g/mol. The smallest absolute Gasteiger partial charge is 0.225 e. The average molecular weight is 280 g/mol. The Labute approximate surface area is 111 Å². The van der Waals surface area contributed by atoms with Gasteiger partial charge in [0.05, 0.1) is 0 Å². The largest absolute Gasteiger partial charge is 0.264 e. The van der Waals surface area contributed by atoms with Crippen molar-refractivity contribution in [3.63, 3.8) is 0 Å². The molecule has 2 atom stereocenters. The van der Waals surface area contributed by atoms with Crippen LogP contribution in [0.3, 0.4) is 0 Å². The summed E-state index contributed by atoms with van der Waals surface area (Å²) < 4.78 is 23.8. The van der Waals surface area contributed by atoms with Crippen molar-refractivity contribution >= 4 is 21.4 Å². The van der Waals surface area contributed by atoms with Crippen molar-refractivity contribution in [2.45, 2.75) is 10.1 Å². The van der Waals surface area contributed by atoms with Gasteiger partial charge in [0.2, 0.25) is 9.84 Å². The zero-order valence-electron chi connectivity index (χ0n) is 9.32. The van der Waals surface area contributed by atoms with Crippen LogP contribution in [0.5, 0.6) is 0 Å². The van der Waals surface area contributed by atoms with Crippen LogP contribution in [0.25, 0.3) is 0 Å². The number of hydrogen-bond acceptors (Lipinski definition) is 3. The highest BCUT2D eigenvalue weighted by Crippen LogP contribution is 2.40. The van der Waals surface area contributed by atoms with Crippen molar-refractivity contribution in [3.8, 4) is 11.7 Å². The molecule has 0 aromatic carbocycles. The van der Waals surface area contributed by atoms with Gasteiger partial charge in [0.1, 0.15) is 10.1 Å². The number of aromatic nitrogens is 1. The van der Waals surface area contributed by atoms with Crippen LogP contribution >= 0.6 is 11.6 Å². The first-order valence-corrected chi connectivity index (χ1v) is 7.10. The molecule has 2 unspecified atom stereocenters. The van der Waals surface area contributed by atoms with E-state index >= 15 is 0 Å². The number of nitrogens with zero attached hydrogens (tertiary/aromatic N) is 1. The van der Waals surface area contributed by atoms with E-state index in [4.69, 9.17) is 18.0 Å².